The highest BCUT2D eigenvalue weighted by Gasteiger charge is 2.26. The number of aromatic nitrogens is 4. The zero-order valence-corrected chi connectivity index (χ0v) is 14.6. The lowest BCUT2D eigenvalue weighted by Gasteiger charge is -2.24. The van der Waals surface area contributed by atoms with Crippen molar-refractivity contribution in [3.05, 3.63) is 31.1 Å². The molecule has 2 aromatic heterocycles. The Kier molecular flexibility index (Phi) is 7.18. The minimum absolute atomic E-state index is 0.126. The van der Waals surface area contributed by atoms with Crippen LogP contribution >= 0.6 is 0 Å². The van der Waals surface area contributed by atoms with Gasteiger partial charge in [0, 0.05) is 18.5 Å². The maximum absolute atomic E-state index is 12.8. The van der Waals surface area contributed by atoms with Crippen LogP contribution in [0.2, 0.25) is 0 Å². The number of hydrogen-bond donors (Lipinski definition) is 2. The first-order valence-electron chi connectivity index (χ1n) is 8.36. The molecule has 0 bridgehead atoms. The van der Waals surface area contributed by atoms with Crippen LogP contribution in [0.5, 0.6) is 0 Å². The molecule has 10 nitrogen and oxygen atoms in total. The smallest absolute Gasteiger partial charge is 0.247 e. The van der Waals surface area contributed by atoms with Gasteiger partial charge in [-0.1, -0.05) is 26.2 Å². The van der Waals surface area contributed by atoms with Crippen molar-refractivity contribution >= 4 is 18.1 Å². The molecule has 0 unspecified atom stereocenters. The maximum atomic E-state index is 12.8. The predicted molar refractivity (Wildman–Crippen MR) is 93.0 cm³/mol. The van der Waals surface area contributed by atoms with E-state index in [1.165, 1.54) is 6.33 Å². The van der Waals surface area contributed by atoms with Crippen LogP contribution in [-0.2, 0) is 9.59 Å². The number of anilines is 1. The van der Waals surface area contributed by atoms with Crippen molar-refractivity contribution in [1.29, 1.82) is 0 Å². The van der Waals surface area contributed by atoms with E-state index in [2.05, 4.69) is 15.0 Å². The Labute approximate surface area is 151 Å². The highest BCUT2D eigenvalue weighted by Crippen LogP contribution is 2.18. The number of carbonyl (C=O) groups excluding carboxylic acids is 2. The average molecular weight is 361 g/mol. The molecular formula is C16H23N7O3. The minimum Gasteiger partial charge on any atom is -0.290 e. The van der Waals surface area contributed by atoms with Gasteiger partial charge < -0.3 is 0 Å². The summed E-state index contributed by atoms with van der Waals surface area (Å²) in [6.07, 6.45) is 9.67. The first kappa shape index (κ1) is 19.5. The third-order valence-corrected chi connectivity index (χ3v) is 3.93. The summed E-state index contributed by atoms with van der Waals surface area (Å²) in [5.41, 5.74) is 0. The molecule has 10 heteroatoms. The second-order valence-electron chi connectivity index (χ2n) is 5.83. The highest BCUT2D eigenvalue weighted by atomic mass is 16.5. The fourth-order valence-corrected chi connectivity index (χ4v) is 2.52. The lowest BCUT2D eigenvalue weighted by molar-refractivity contribution is -0.154. The fourth-order valence-electron chi connectivity index (χ4n) is 2.52. The van der Waals surface area contributed by atoms with Gasteiger partial charge >= 0.3 is 0 Å². The van der Waals surface area contributed by atoms with Crippen LogP contribution in [0.3, 0.4) is 0 Å². The molecule has 0 saturated carbocycles. The van der Waals surface area contributed by atoms with Crippen LogP contribution in [0.4, 0.5) is 5.82 Å². The Morgan fingerprint density at radius 1 is 1.42 bits per heavy atom. The van der Waals surface area contributed by atoms with Crippen molar-refractivity contribution in [2.75, 3.05) is 11.6 Å². The molecule has 0 aliphatic heterocycles. The molecule has 0 aliphatic carbocycles. The zero-order valence-electron chi connectivity index (χ0n) is 14.6. The molecule has 140 valence electrons. The summed E-state index contributed by atoms with van der Waals surface area (Å²) in [6.45, 7) is 1.92. The first-order valence-corrected chi connectivity index (χ1v) is 8.36. The van der Waals surface area contributed by atoms with Gasteiger partial charge in [-0.3, -0.25) is 19.4 Å². The molecule has 26 heavy (non-hydrogen) atoms. The zero-order chi connectivity index (χ0) is 18.9. The number of unbranched alkanes of at least 4 members (excludes halogenated alkanes) is 2. The first-order chi connectivity index (χ1) is 12.6. The number of hydrogen-bond acceptors (Lipinski definition) is 7. The van der Waals surface area contributed by atoms with E-state index in [-0.39, 0.29) is 18.8 Å². The van der Waals surface area contributed by atoms with E-state index in [1.54, 1.807) is 29.4 Å². The summed E-state index contributed by atoms with van der Waals surface area (Å²) in [5, 5.41) is 10.9. The molecule has 0 aliphatic rings. The van der Waals surface area contributed by atoms with Crippen LogP contribution in [-0.4, -0.2) is 48.7 Å². The van der Waals surface area contributed by atoms with Crippen LogP contribution < -0.4 is 10.9 Å². The van der Waals surface area contributed by atoms with Gasteiger partial charge in [-0.15, -0.1) is 0 Å². The van der Waals surface area contributed by atoms with Crippen LogP contribution in [0.15, 0.2) is 31.1 Å². The normalized spacial score (nSPS) is 11.8. The van der Waals surface area contributed by atoms with Crippen molar-refractivity contribution in [3.8, 4) is 5.82 Å². The standard InChI is InChI=1S/C16H23N7O3/c1-2-3-4-5-13(9-22(26)12-24)16(25)23(17)15-8-14(19-10-20-15)21-7-6-18-11-21/h6-8,10-13,26H,2-5,9,17H2,1H3/t13-/m1/s1. The minimum atomic E-state index is -0.631. The second-order valence-corrected chi connectivity index (χ2v) is 5.83. The number of hydroxylamine groups is 2. The van der Waals surface area contributed by atoms with Crippen LogP contribution in [0.25, 0.3) is 5.82 Å². The van der Waals surface area contributed by atoms with Gasteiger partial charge in [-0.05, 0) is 6.42 Å². The van der Waals surface area contributed by atoms with Gasteiger partial charge in [0.05, 0.1) is 12.5 Å². The summed E-state index contributed by atoms with van der Waals surface area (Å²) in [6, 6.07) is 1.55. The highest BCUT2D eigenvalue weighted by molar-refractivity contribution is 5.93. The van der Waals surface area contributed by atoms with Gasteiger partial charge in [0.1, 0.15) is 18.5 Å². The Hall–Kier alpha value is -2.85. The van der Waals surface area contributed by atoms with E-state index in [0.29, 0.717) is 17.3 Å². The third kappa shape index (κ3) is 5.07. The Morgan fingerprint density at radius 2 is 2.23 bits per heavy atom. The molecule has 2 aromatic rings. The number of imidazole rings is 1. The number of nitrogens with two attached hydrogens (primary N) is 1. The van der Waals surface area contributed by atoms with E-state index in [4.69, 9.17) is 5.84 Å². The van der Waals surface area contributed by atoms with Gasteiger partial charge in [0.25, 0.3) is 0 Å². The predicted octanol–water partition coefficient (Wildman–Crippen LogP) is 0.913. The topological polar surface area (TPSA) is 130 Å². The molecule has 0 radical (unpaired) electrons. The van der Waals surface area contributed by atoms with Crippen molar-refractivity contribution in [2.45, 2.75) is 32.6 Å². The average Bonchev–Trinajstić information content (AvgIpc) is 3.21. The summed E-state index contributed by atoms with van der Waals surface area (Å²) >= 11 is 0. The Bertz CT molecular complexity index is 708. The number of carbonyl (C=O) groups is 2. The molecule has 2 rings (SSSR count). The van der Waals surface area contributed by atoms with Gasteiger partial charge in [0.2, 0.25) is 12.3 Å². The summed E-state index contributed by atoms with van der Waals surface area (Å²) in [4.78, 5) is 35.6. The van der Waals surface area contributed by atoms with Gasteiger partial charge in [0.15, 0.2) is 5.82 Å². The van der Waals surface area contributed by atoms with E-state index in [1.807, 2.05) is 6.92 Å². The molecule has 2 heterocycles. The molecule has 0 spiro atoms. The molecule has 0 saturated heterocycles. The summed E-state index contributed by atoms with van der Waals surface area (Å²) in [5.74, 6) is 5.62. The number of nitrogens with zero attached hydrogens (tertiary/aromatic N) is 6. The largest absolute Gasteiger partial charge is 0.290 e. The van der Waals surface area contributed by atoms with Gasteiger partial charge in [-0.25, -0.2) is 30.9 Å². The number of amides is 2. The third-order valence-electron chi connectivity index (χ3n) is 3.93. The molecule has 1 atom stereocenters. The monoisotopic (exact) mass is 361 g/mol. The quantitative estimate of drug-likeness (QED) is 0.161. The number of rotatable bonds is 10. The van der Waals surface area contributed by atoms with Crippen molar-refractivity contribution < 1.29 is 14.8 Å². The lowest BCUT2D eigenvalue weighted by Crippen LogP contribution is -2.45. The van der Waals surface area contributed by atoms with Crippen LogP contribution in [0.1, 0.15) is 32.6 Å². The fraction of sp³-hybridized carbons (Fsp3) is 0.438. The molecular weight excluding hydrogens is 338 g/mol. The molecule has 0 fully saturated rings. The van der Waals surface area contributed by atoms with E-state index in [0.717, 1.165) is 24.3 Å². The van der Waals surface area contributed by atoms with Crippen molar-refractivity contribution in [3.63, 3.8) is 0 Å². The molecule has 2 amide bonds. The van der Waals surface area contributed by atoms with Gasteiger partial charge in [-0.2, -0.15) is 0 Å². The lowest BCUT2D eigenvalue weighted by atomic mass is 10.00. The molecule has 0 aromatic carbocycles. The Morgan fingerprint density at radius 3 is 2.88 bits per heavy atom. The SMILES string of the molecule is CCCCC[C@H](CN(O)C=O)C(=O)N(N)c1cc(-n2ccnc2)ncn1. The molecule has 3 N–H and O–H groups in total. The van der Waals surface area contributed by atoms with Crippen LogP contribution in [0, 0.1) is 5.92 Å². The number of hydrazine groups is 1. The van der Waals surface area contributed by atoms with E-state index in [9.17, 15) is 14.8 Å². The van der Waals surface area contributed by atoms with E-state index >= 15 is 0 Å². The maximum Gasteiger partial charge on any atom is 0.247 e. The Balaban J connectivity index is 2.16. The second kappa shape index (κ2) is 9.59. The van der Waals surface area contributed by atoms with Crippen molar-refractivity contribution in [1.82, 2.24) is 24.6 Å². The summed E-state index contributed by atoms with van der Waals surface area (Å²) in [7, 11) is 0. The summed E-state index contributed by atoms with van der Waals surface area (Å²) < 4.78 is 1.66. The van der Waals surface area contributed by atoms with E-state index < -0.39 is 11.8 Å². The van der Waals surface area contributed by atoms with Crippen molar-refractivity contribution in [2.24, 2.45) is 11.8 Å².